The lowest BCUT2D eigenvalue weighted by molar-refractivity contribution is -0.135. The first-order valence-electron chi connectivity index (χ1n) is 8.27. The van der Waals surface area contributed by atoms with Crippen LogP contribution in [0.1, 0.15) is 18.4 Å². The molecule has 3 atom stereocenters. The van der Waals surface area contributed by atoms with E-state index < -0.39 is 21.7 Å². The summed E-state index contributed by atoms with van der Waals surface area (Å²) in [7, 11) is -1.46. The highest BCUT2D eigenvalue weighted by Crippen LogP contribution is 2.40. The van der Waals surface area contributed by atoms with Gasteiger partial charge < -0.3 is 10.2 Å². The Kier molecular flexibility index (Phi) is 4.81. The fraction of sp³-hybridized carbons (Fsp3) is 0.529. The molecule has 3 unspecified atom stereocenters. The van der Waals surface area contributed by atoms with Gasteiger partial charge in [-0.15, -0.1) is 0 Å². The van der Waals surface area contributed by atoms with Crippen LogP contribution in [0.25, 0.3) is 0 Å². The molecule has 2 aliphatic rings. The normalized spacial score (nSPS) is 26.9. The number of rotatable bonds is 5. The smallest absolute Gasteiger partial charge is 0.226 e. The van der Waals surface area contributed by atoms with Crippen molar-refractivity contribution in [3.8, 4) is 0 Å². The van der Waals surface area contributed by atoms with Crippen LogP contribution < -0.4 is 5.32 Å². The second kappa shape index (κ2) is 6.74. The predicted molar refractivity (Wildman–Crippen MR) is 89.7 cm³/mol. The van der Waals surface area contributed by atoms with Gasteiger partial charge in [0.1, 0.15) is 5.82 Å². The molecule has 0 bridgehead atoms. The molecule has 1 heterocycles. The maximum atomic E-state index is 13.5. The molecule has 1 aliphatic carbocycles. The largest absolute Gasteiger partial charge is 0.352 e. The van der Waals surface area contributed by atoms with Crippen molar-refractivity contribution in [3.05, 3.63) is 35.6 Å². The highest BCUT2D eigenvalue weighted by molar-refractivity contribution is 7.91. The van der Waals surface area contributed by atoms with Gasteiger partial charge in [0.25, 0.3) is 0 Å². The first-order chi connectivity index (χ1) is 11.8. The molecule has 1 aliphatic heterocycles. The van der Waals surface area contributed by atoms with Crippen molar-refractivity contribution < 1.29 is 22.4 Å². The molecule has 1 aromatic rings. The van der Waals surface area contributed by atoms with Crippen molar-refractivity contribution in [1.82, 2.24) is 10.2 Å². The van der Waals surface area contributed by atoms with Gasteiger partial charge in [-0.3, -0.25) is 9.59 Å². The highest BCUT2D eigenvalue weighted by Gasteiger charge is 2.50. The molecule has 6 nitrogen and oxygen atoms in total. The summed E-state index contributed by atoms with van der Waals surface area (Å²) in [6.07, 6.45) is 0.896. The van der Waals surface area contributed by atoms with Gasteiger partial charge >= 0.3 is 0 Å². The lowest BCUT2D eigenvalue weighted by Gasteiger charge is -2.23. The molecule has 25 heavy (non-hydrogen) atoms. The zero-order valence-corrected chi connectivity index (χ0v) is 14.8. The van der Waals surface area contributed by atoms with E-state index in [9.17, 15) is 22.4 Å². The topological polar surface area (TPSA) is 83.6 Å². The Hall–Kier alpha value is -1.96. The van der Waals surface area contributed by atoms with E-state index in [1.165, 1.54) is 11.0 Å². The summed E-state index contributed by atoms with van der Waals surface area (Å²) < 4.78 is 36.6. The first kappa shape index (κ1) is 17.8. The lowest BCUT2D eigenvalue weighted by atomic mass is 10.2. The lowest BCUT2D eigenvalue weighted by Crippen LogP contribution is -2.39. The molecule has 3 rings (SSSR count). The molecule has 136 valence electrons. The minimum Gasteiger partial charge on any atom is -0.352 e. The average molecular weight is 368 g/mol. The zero-order chi connectivity index (χ0) is 18.2. The van der Waals surface area contributed by atoms with Crippen molar-refractivity contribution in [2.75, 3.05) is 18.6 Å². The Morgan fingerprint density at radius 2 is 2.00 bits per heavy atom. The van der Waals surface area contributed by atoms with Crippen LogP contribution in [0.4, 0.5) is 4.39 Å². The van der Waals surface area contributed by atoms with E-state index in [1.54, 1.807) is 25.2 Å². The van der Waals surface area contributed by atoms with Crippen LogP contribution >= 0.6 is 0 Å². The van der Waals surface area contributed by atoms with Crippen molar-refractivity contribution in [2.24, 2.45) is 11.8 Å². The van der Waals surface area contributed by atoms with Gasteiger partial charge in [0, 0.05) is 25.2 Å². The van der Waals surface area contributed by atoms with Crippen molar-refractivity contribution in [2.45, 2.75) is 25.4 Å². The molecule has 8 heteroatoms. The van der Waals surface area contributed by atoms with E-state index in [-0.39, 0.29) is 41.7 Å². The quantitative estimate of drug-likeness (QED) is 0.830. The van der Waals surface area contributed by atoms with Crippen LogP contribution in [-0.4, -0.2) is 49.7 Å². The highest BCUT2D eigenvalue weighted by atomic mass is 32.2. The molecule has 2 fully saturated rings. The Labute approximate surface area is 146 Å². The average Bonchev–Trinajstić information content (AvgIpc) is 3.29. The van der Waals surface area contributed by atoms with Gasteiger partial charge in [0.05, 0.1) is 23.3 Å². The number of nitrogens with zero attached hydrogens (tertiary/aromatic N) is 1. The molecule has 0 aromatic heterocycles. The Morgan fingerprint density at radius 3 is 2.64 bits per heavy atom. The molecule has 1 saturated heterocycles. The third-order valence-electron chi connectivity index (χ3n) is 4.96. The number of benzene rings is 1. The molecule has 0 radical (unpaired) electrons. The number of halogens is 1. The number of hydrogen-bond donors (Lipinski definition) is 1. The van der Waals surface area contributed by atoms with Gasteiger partial charge in [0.15, 0.2) is 9.84 Å². The second-order valence-electron chi connectivity index (χ2n) is 6.76. The molecule has 2 amide bonds. The van der Waals surface area contributed by atoms with E-state index >= 15 is 0 Å². The van der Waals surface area contributed by atoms with Crippen LogP contribution in [0.3, 0.4) is 0 Å². The minimum absolute atomic E-state index is 0.00783. The van der Waals surface area contributed by atoms with E-state index in [1.807, 2.05) is 0 Å². The monoisotopic (exact) mass is 368 g/mol. The van der Waals surface area contributed by atoms with Gasteiger partial charge in [-0.1, -0.05) is 18.2 Å². The van der Waals surface area contributed by atoms with E-state index in [4.69, 9.17) is 0 Å². The first-order valence-corrected chi connectivity index (χ1v) is 10.1. The van der Waals surface area contributed by atoms with Crippen LogP contribution in [-0.2, 0) is 26.0 Å². The van der Waals surface area contributed by atoms with Crippen LogP contribution in [0.15, 0.2) is 24.3 Å². The van der Waals surface area contributed by atoms with Crippen LogP contribution in [0.5, 0.6) is 0 Å². The Morgan fingerprint density at radius 1 is 1.28 bits per heavy atom. The summed E-state index contributed by atoms with van der Waals surface area (Å²) in [6.45, 7) is 0.0830. The third kappa shape index (κ3) is 4.00. The maximum absolute atomic E-state index is 13.5. The molecular formula is C17H21FN2O4S. The summed E-state index contributed by atoms with van der Waals surface area (Å²) in [4.78, 5) is 26.1. The summed E-state index contributed by atoms with van der Waals surface area (Å²) in [5.41, 5.74) is 0.396. The number of nitrogens with one attached hydrogen (secondary N) is 1. The second-order valence-corrected chi connectivity index (χ2v) is 8.99. The van der Waals surface area contributed by atoms with E-state index in [0.717, 1.165) is 0 Å². The summed E-state index contributed by atoms with van der Waals surface area (Å²) in [6, 6.07) is 5.89. The van der Waals surface area contributed by atoms with E-state index in [2.05, 4.69) is 5.32 Å². The predicted octanol–water partition coefficient (Wildman–Crippen LogP) is 0.724. The summed E-state index contributed by atoms with van der Waals surface area (Å²) in [5.74, 6) is -1.57. The summed E-state index contributed by atoms with van der Waals surface area (Å²) >= 11 is 0. The van der Waals surface area contributed by atoms with E-state index in [0.29, 0.717) is 18.4 Å². The van der Waals surface area contributed by atoms with Crippen molar-refractivity contribution >= 4 is 21.7 Å². The number of sulfone groups is 1. The van der Waals surface area contributed by atoms with Gasteiger partial charge in [-0.05, 0) is 18.9 Å². The molecule has 0 spiro atoms. The molecular weight excluding hydrogens is 347 g/mol. The molecule has 1 saturated carbocycles. The molecule has 1 N–H and O–H groups in total. The third-order valence-corrected chi connectivity index (χ3v) is 6.71. The summed E-state index contributed by atoms with van der Waals surface area (Å²) in [5, 5.41) is 2.66. The van der Waals surface area contributed by atoms with Crippen LogP contribution in [0.2, 0.25) is 0 Å². The zero-order valence-electron chi connectivity index (χ0n) is 13.9. The number of hydrogen-bond acceptors (Lipinski definition) is 4. The number of carbonyl (C=O) groups excluding carboxylic acids is 2. The fourth-order valence-corrected chi connectivity index (χ4v) is 5.01. The molecule has 1 aromatic carbocycles. The van der Waals surface area contributed by atoms with Crippen molar-refractivity contribution in [1.29, 1.82) is 0 Å². The maximum Gasteiger partial charge on any atom is 0.226 e. The van der Waals surface area contributed by atoms with Gasteiger partial charge in [0.2, 0.25) is 11.8 Å². The number of carbonyl (C=O) groups is 2. The number of amides is 2. The van der Waals surface area contributed by atoms with Crippen molar-refractivity contribution in [3.63, 3.8) is 0 Å². The Balaban J connectivity index is 1.51. The Bertz CT molecular complexity index is 796. The standard InChI is InChI=1S/C17H21FN2O4S/c1-20(12-6-7-25(23,24)10-12)17(22)14-8-13(14)16(21)19-9-11-4-2-3-5-15(11)18/h2-5,12-14H,6-10H2,1H3,(H,19,21). The minimum atomic E-state index is -3.06. The van der Waals surface area contributed by atoms with Gasteiger partial charge in [-0.25, -0.2) is 12.8 Å². The SMILES string of the molecule is CN(C(=O)C1CC1C(=O)NCc1ccccc1F)C1CCS(=O)(=O)C1. The fourth-order valence-electron chi connectivity index (χ4n) is 3.24. The van der Waals surface area contributed by atoms with Gasteiger partial charge in [-0.2, -0.15) is 0 Å². The van der Waals surface area contributed by atoms with Crippen LogP contribution in [0, 0.1) is 17.7 Å².